The van der Waals surface area contributed by atoms with E-state index in [0.29, 0.717) is 0 Å². The van der Waals surface area contributed by atoms with Gasteiger partial charge < -0.3 is 15.8 Å². The summed E-state index contributed by atoms with van der Waals surface area (Å²) in [6.07, 6.45) is 2.15. The topological polar surface area (TPSA) is 47.3 Å². The lowest BCUT2D eigenvalue weighted by Gasteiger charge is -2.18. The summed E-state index contributed by atoms with van der Waals surface area (Å²) in [7, 11) is 1.72. The van der Waals surface area contributed by atoms with Crippen LogP contribution >= 0.6 is 0 Å². The number of hydrogen-bond acceptors (Lipinski definition) is 3. The maximum absolute atomic E-state index is 5.96. The molecule has 1 aromatic rings. The second-order valence-corrected chi connectivity index (χ2v) is 6.02. The Morgan fingerprint density at radius 2 is 1.89 bits per heavy atom. The van der Waals surface area contributed by atoms with Gasteiger partial charge in [-0.1, -0.05) is 6.07 Å². The summed E-state index contributed by atoms with van der Waals surface area (Å²) in [5.41, 5.74) is 9.70. The van der Waals surface area contributed by atoms with Crippen molar-refractivity contribution < 1.29 is 4.74 Å². The van der Waals surface area contributed by atoms with E-state index in [0.717, 1.165) is 31.7 Å². The van der Waals surface area contributed by atoms with Crippen molar-refractivity contribution in [3.63, 3.8) is 0 Å². The highest BCUT2D eigenvalue weighted by molar-refractivity contribution is 5.41. The molecule has 108 valence electrons. The SMILES string of the molecule is COc1cc(C)c(CNCCCC(C)(C)N)cc1C. The van der Waals surface area contributed by atoms with Crippen molar-refractivity contribution in [2.45, 2.75) is 52.6 Å². The summed E-state index contributed by atoms with van der Waals surface area (Å²) in [6, 6.07) is 4.31. The van der Waals surface area contributed by atoms with Crippen LogP contribution in [0.3, 0.4) is 0 Å². The maximum Gasteiger partial charge on any atom is 0.122 e. The van der Waals surface area contributed by atoms with E-state index in [4.69, 9.17) is 10.5 Å². The molecule has 0 unspecified atom stereocenters. The number of hydrogen-bond donors (Lipinski definition) is 2. The van der Waals surface area contributed by atoms with Crippen molar-refractivity contribution >= 4 is 0 Å². The first kappa shape index (κ1) is 16.0. The number of nitrogens with two attached hydrogens (primary N) is 1. The van der Waals surface area contributed by atoms with Gasteiger partial charge in [-0.3, -0.25) is 0 Å². The molecule has 0 heterocycles. The molecule has 0 radical (unpaired) electrons. The van der Waals surface area contributed by atoms with Crippen LogP contribution in [0, 0.1) is 13.8 Å². The molecule has 0 spiro atoms. The monoisotopic (exact) mass is 264 g/mol. The fourth-order valence-corrected chi connectivity index (χ4v) is 2.15. The zero-order chi connectivity index (χ0) is 14.5. The zero-order valence-corrected chi connectivity index (χ0v) is 13.0. The molecule has 0 aliphatic rings. The van der Waals surface area contributed by atoms with Crippen LogP contribution in [0.25, 0.3) is 0 Å². The summed E-state index contributed by atoms with van der Waals surface area (Å²) >= 11 is 0. The lowest BCUT2D eigenvalue weighted by atomic mass is 10.00. The van der Waals surface area contributed by atoms with Gasteiger partial charge in [0.15, 0.2) is 0 Å². The van der Waals surface area contributed by atoms with Gasteiger partial charge in [-0.05, 0) is 69.8 Å². The summed E-state index contributed by atoms with van der Waals surface area (Å²) in [5, 5.41) is 3.48. The number of ether oxygens (including phenoxy) is 1. The minimum absolute atomic E-state index is 0.0612. The third-order valence-corrected chi connectivity index (χ3v) is 3.34. The molecule has 0 saturated carbocycles. The Bertz CT molecular complexity index is 408. The van der Waals surface area contributed by atoms with E-state index in [-0.39, 0.29) is 5.54 Å². The molecule has 3 N–H and O–H groups in total. The van der Waals surface area contributed by atoms with E-state index in [1.807, 2.05) is 0 Å². The normalized spacial score (nSPS) is 11.7. The van der Waals surface area contributed by atoms with Gasteiger partial charge in [0.25, 0.3) is 0 Å². The van der Waals surface area contributed by atoms with E-state index in [9.17, 15) is 0 Å². The number of nitrogens with one attached hydrogen (secondary N) is 1. The fourth-order valence-electron chi connectivity index (χ4n) is 2.15. The standard InChI is InChI=1S/C16H28N2O/c1-12-10-15(19-5)13(2)9-14(12)11-18-8-6-7-16(3,4)17/h9-10,18H,6-8,11,17H2,1-5H3. The van der Waals surface area contributed by atoms with E-state index in [2.05, 4.69) is 45.1 Å². The average Bonchev–Trinajstić information content (AvgIpc) is 2.31. The summed E-state index contributed by atoms with van der Waals surface area (Å²) in [4.78, 5) is 0. The second-order valence-electron chi connectivity index (χ2n) is 6.02. The van der Waals surface area contributed by atoms with E-state index < -0.39 is 0 Å². The lowest BCUT2D eigenvalue weighted by molar-refractivity contribution is 0.411. The number of rotatable bonds is 7. The second kappa shape index (κ2) is 6.92. The maximum atomic E-state index is 5.96. The summed E-state index contributed by atoms with van der Waals surface area (Å²) in [6.45, 7) is 10.3. The van der Waals surface area contributed by atoms with Crippen molar-refractivity contribution in [3.05, 3.63) is 28.8 Å². The fraction of sp³-hybridized carbons (Fsp3) is 0.625. The molecule has 0 bridgehead atoms. The van der Waals surface area contributed by atoms with Gasteiger partial charge in [0, 0.05) is 12.1 Å². The van der Waals surface area contributed by atoms with E-state index in [1.165, 1.54) is 16.7 Å². The molecule has 0 aromatic heterocycles. The Labute approximate surface area is 117 Å². The molecule has 0 aliphatic carbocycles. The van der Waals surface area contributed by atoms with Gasteiger partial charge in [-0.25, -0.2) is 0 Å². The van der Waals surface area contributed by atoms with Gasteiger partial charge in [0.1, 0.15) is 5.75 Å². The lowest BCUT2D eigenvalue weighted by Crippen LogP contribution is -2.32. The zero-order valence-electron chi connectivity index (χ0n) is 13.0. The Morgan fingerprint density at radius 1 is 1.21 bits per heavy atom. The van der Waals surface area contributed by atoms with Gasteiger partial charge in [0.05, 0.1) is 7.11 Å². The van der Waals surface area contributed by atoms with Gasteiger partial charge in [-0.2, -0.15) is 0 Å². The molecule has 0 atom stereocenters. The van der Waals surface area contributed by atoms with E-state index in [1.54, 1.807) is 7.11 Å². The summed E-state index contributed by atoms with van der Waals surface area (Å²) < 4.78 is 5.33. The molecule has 0 saturated heterocycles. The van der Waals surface area contributed by atoms with Gasteiger partial charge in [0.2, 0.25) is 0 Å². The Kier molecular flexibility index (Phi) is 5.83. The first-order valence-corrected chi connectivity index (χ1v) is 6.97. The van der Waals surface area contributed by atoms with Crippen LogP contribution in [-0.4, -0.2) is 19.2 Å². The molecule has 3 nitrogen and oxygen atoms in total. The minimum Gasteiger partial charge on any atom is -0.496 e. The molecular weight excluding hydrogens is 236 g/mol. The van der Waals surface area contributed by atoms with Crippen molar-refractivity contribution in [1.29, 1.82) is 0 Å². The Hall–Kier alpha value is -1.06. The predicted molar refractivity (Wildman–Crippen MR) is 81.7 cm³/mol. The molecule has 1 rings (SSSR count). The van der Waals surface area contributed by atoms with Crippen LogP contribution in [0.15, 0.2) is 12.1 Å². The number of methoxy groups -OCH3 is 1. The number of benzene rings is 1. The third-order valence-electron chi connectivity index (χ3n) is 3.34. The molecule has 0 aliphatic heterocycles. The van der Waals surface area contributed by atoms with Gasteiger partial charge >= 0.3 is 0 Å². The predicted octanol–water partition coefficient (Wildman–Crippen LogP) is 2.92. The summed E-state index contributed by atoms with van der Waals surface area (Å²) in [5.74, 6) is 0.964. The van der Waals surface area contributed by atoms with Crippen LogP contribution < -0.4 is 15.8 Å². The highest BCUT2D eigenvalue weighted by Crippen LogP contribution is 2.22. The van der Waals surface area contributed by atoms with Crippen molar-refractivity contribution in [1.82, 2.24) is 5.32 Å². The highest BCUT2D eigenvalue weighted by atomic mass is 16.5. The van der Waals surface area contributed by atoms with Crippen LogP contribution in [0.4, 0.5) is 0 Å². The van der Waals surface area contributed by atoms with Crippen LogP contribution in [0.1, 0.15) is 43.4 Å². The molecule has 19 heavy (non-hydrogen) atoms. The van der Waals surface area contributed by atoms with Gasteiger partial charge in [-0.15, -0.1) is 0 Å². The van der Waals surface area contributed by atoms with E-state index >= 15 is 0 Å². The smallest absolute Gasteiger partial charge is 0.122 e. The first-order chi connectivity index (χ1) is 8.83. The Morgan fingerprint density at radius 3 is 2.47 bits per heavy atom. The minimum atomic E-state index is -0.0612. The average molecular weight is 264 g/mol. The third kappa shape index (κ3) is 5.62. The van der Waals surface area contributed by atoms with Crippen molar-refractivity contribution in [2.24, 2.45) is 5.73 Å². The largest absolute Gasteiger partial charge is 0.496 e. The van der Waals surface area contributed by atoms with Crippen LogP contribution in [-0.2, 0) is 6.54 Å². The molecule has 0 fully saturated rings. The molecule has 1 aromatic carbocycles. The molecule has 3 heteroatoms. The van der Waals surface area contributed by atoms with Crippen LogP contribution in [0.2, 0.25) is 0 Å². The van der Waals surface area contributed by atoms with Crippen LogP contribution in [0.5, 0.6) is 5.75 Å². The Balaban J connectivity index is 2.44. The van der Waals surface area contributed by atoms with Crippen molar-refractivity contribution in [2.75, 3.05) is 13.7 Å². The van der Waals surface area contributed by atoms with Crippen molar-refractivity contribution in [3.8, 4) is 5.75 Å². The molecule has 0 amide bonds. The number of aryl methyl sites for hydroxylation is 2. The first-order valence-electron chi connectivity index (χ1n) is 6.97. The highest BCUT2D eigenvalue weighted by Gasteiger charge is 2.09. The molecular formula is C16H28N2O. The quantitative estimate of drug-likeness (QED) is 0.744.